The molecule has 2 saturated heterocycles. The Morgan fingerprint density at radius 1 is 1.15 bits per heavy atom. The van der Waals surface area contributed by atoms with Gasteiger partial charge in [-0.05, 0) is 24.7 Å². The second kappa shape index (κ2) is 6.81. The van der Waals surface area contributed by atoms with Crippen LogP contribution < -0.4 is 0 Å². The van der Waals surface area contributed by atoms with E-state index in [2.05, 4.69) is 25.1 Å². The van der Waals surface area contributed by atoms with Crippen LogP contribution in [0.4, 0.5) is 0 Å². The third-order valence-electron chi connectivity index (χ3n) is 7.23. The summed E-state index contributed by atoms with van der Waals surface area (Å²) in [6.45, 7) is 6.14. The molecule has 3 aliphatic rings. The van der Waals surface area contributed by atoms with Gasteiger partial charge in [-0.3, -0.25) is 5.41 Å². The molecule has 0 spiro atoms. The van der Waals surface area contributed by atoms with Gasteiger partial charge >= 0.3 is 0 Å². The molecule has 1 aliphatic carbocycles. The first-order chi connectivity index (χ1) is 12.9. The first-order valence-electron chi connectivity index (χ1n) is 10.1. The topological polar surface area (TPSA) is 114 Å². The van der Waals surface area contributed by atoms with Crippen LogP contribution >= 0.6 is 0 Å². The van der Waals surface area contributed by atoms with Gasteiger partial charge in [0.25, 0.3) is 0 Å². The molecule has 5 unspecified atom stereocenters. The normalized spacial score (nSPS) is 39.0. The van der Waals surface area contributed by atoms with E-state index in [-0.39, 0.29) is 11.8 Å². The van der Waals surface area contributed by atoms with E-state index in [4.69, 9.17) is 14.9 Å². The maximum absolute atomic E-state index is 10.3. The van der Waals surface area contributed by atoms with Gasteiger partial charge in [0.2, 0.25) is 11.7 Å². The number of nitrogens with one attached hydrogen (secondary N) is 1. The highest BCUT2D eigenvalue weighted by atomic mass is 16.7. The van der Waals surface area contributed by atoms with E-state index in [1.54, 1.807) is 0 Å². The Bertz CT molecular complexity index is 727. The summed E-state index contributed by atoms with van der Waals surface area (Å²) in [5, 5.41) is 39.2. The summed E-state index contributed by atoms with van der Waals surface area (Å²) in [7, 11) is 0. The predicted octanol–water partition coefficient (Wildman–Crippen LogP) is 4.29. The Morgan fingerprint density at radius 3 is 2.33 bits per heavy atom. The van der Waals surface area contributed by atoms with E-state index in [0.717, 1.165) is 32.1 Å². The molecule has 0 radical (unpaired) electrons. The van der Waals surface area contributed by atoms with Crippen molar-refractivity contribution >= 4 is 5.90 Å². The lowest BCUT2D eigenvalue weighted by Crippen LogP contribution is -2.65. The average molecular weight is 368 g/mol. The molecule has 0 aromatic rings. The van der Waals surface area contributed by atoms with Gasteiger partial charge in [0, 0.05) is 6.42 Å². The van der Waals surface area contributed by atoms with E-state index >= 15 is 0 Å². The van der Waals surface area contributed by atoms with Gasteiger partial charge in [0.05, 0.1) is 30.2 Å². The molecular formula is C21H28N4O2. The third kappa shape index (κ3) is 2.28. The molecule has 5 atom stereocenters. The highest BCUT2D eigenvalue weighted by Crippen LogP contribution is 2.68. The zero-order chi connectivity index (χ0) is 19.9. The molecule has 1 saturated carbocycles. The van der Waals surface area contributed by atoms with Gasteiger partial charge in [-0.2, -0.15) is 15.8 Å². The van der Waals surface area contributed by atoms with Crippen LogP contribution in [0.3, 0.4) is 0 Å². The van der Waals surface area contributed by atoms with Gasteiger partial charge in [-0.1, -0.05) is 46.5 Å². The SMILES string of the molecule is CCCC1CCC23OC(=N)C(C#N)(C2C1)C(C#N)(C#N)C(C(CC)CC)O3. The number of hydrogen-bond donors (Lipinski definition) is 1. The second-order valence-electron chi connectivity index (χ2n) is 8.29. The van der Waals surface area contributed by atoms with Crippen molar-refractivity contribution in [1.29, 1.82) is 21.2 Å². The van der Waals surface area contributed by atoms with Crippen LogP contribution in [-0.2, 0) is 9.47 Å². The van der Waals surface area contributed by atoms with Gasteiger partial charge < -0.3 is 9.47 Å². The second-order valence-corrected chi connectivity index (χ2v) is 8.29. The van der Waals surface area contributed by atoms with Crippen LogP contribution in [0.1, 0.15) is 65.7 Å². The Balaban J connectivity index is 2.20. The number of nitrogens with zero attached hydrogens (tertiary/aromatic N) is 3. The minimum absolute atomic E-state index is 0.0438. The maximum Gasteiger partial charge on any atom is 0.217 e. The largest absolute Gasteiger partial charge is 0.447 e. The maximum atomic E-state index is 10.3. The zero-order valence-corrected chi connectivity index (χ0v) is 16.4. The molecule has 0 aromatic carbocycles. The van der Waals surface area contributed by atoms with E-state index in [0.29, 0.717) is 18.8 Å². The first kappa shape index (κ1) is 19.7. The highest BCUT2D eigenvalue weighted by Gasteiger charge is 2.81. The van der Waals surface area contributed by atoms with Crippen molar-refractivity contribution in [1.82, 2.24) is 0 Å². The molecule has 3 rings (SSSR count). The standard InChI is InChI=1S/C21H28N4O2/c1-4-7-14-8-9-21-16(10-14)20(13-24,18(25)27-21)19(11-22,12-23)17(26-21)15(5-2)6-3/h14-17,25H,4-10H2,1-3H3. The summed E-state index contributed by atoms with van der Waals surface area (Å²) in [4.78, 5) is 0. The zero-order valence-electron chi connectivity index (χ0n) is 16.4. The predicted molar refractivity (Wildman–Crippen MR) is 97.9 cm³/mol. The number of nitriles is 3. The lowest BCUT2D eigenvalue weighted by atomic mass is 9.49. The summed E-state index contributed by atoms with van der Waals surface area (Å²) >= 11 is 0. The van der Waals surface area contributed by atoms with Gasteiger partial charge in [-0.15, -0.1) is 0 Å². The van der Waals surface area contributed by atoms with Crippen LogP contribution in [0.15, 0.2) is 0 Å². The van der Waals surface area contributed by atoms with Crippen LogP contribution in [0.2, 0.25) is 0 Å². The smallest absolute Gasteiger partial charge is 0.217 e. The fraction of sp³-hybridized carbons (Fsp3) is 0.810. The van der Waals surface area contributed by atoms with Crippen LogP contribution in [0, 0.1) is 68.0 Å². The summed E-state index contributed by atoms with van der Waals surface area (Å²) in [5.74, 6) is -1.38. The average Bonchev–Trinajstić information content (AvgIpc) is 2.88. The van der Waals surface area contributed by atoms with Crippen LogP contribution in [0.5, 0.6) is 0 Å². The number of rotatable bonds is 5. The monoisotopic (exact) mass is 368 g/mol. The van der Waals surface area contributed by atoms with Crippen molar-refractivity contribution in [2.45, 2.75) is 77.6 Å². The number of ether oxygens (including phenoxy) is 2. The van der Waals surface area contributed by atoms with E-state index in [9.17, 15) is 15.8 Å². The molecule has 3 fully saturated rings. The molecule has 2 heterocycles. The molecule has 27 heavy (non-hydrogen) atoms. The van der Waals surface area contributed by atoms with Crippen LogP contribution in [0.25, 0.3) is 0 Å². The van der Waals surface area contributed by atoms with E-state index in [1.807, 2.05) is 13.8 Å². The Morgan fingerprint density at radius 2 is 1.81 bits per heavy atom. The number of hydrogen-bond acceptors (Lipinski definition) is 6. The highest BCUT2D eigenvalue weighted by molar-refractivity contribution is 5.89. The van der Waals surface area contributed by atoms with E-state index in [1.165, 1.54) is 0 Å². The Labute approximate surface area is 161 Å². The van der Waals surface area contributed by atoms with Crippen molar-refractivity contribution in [3.8, 4) is 18.2 Å². The molecule has 1 N–H and O–H groups in total. The molecule has 0 aromatic heterocycles. The minimum atomic E-state index is -1.73. The summed E-state index contributed by atoms with van der Waals surface area (Å²) in [6, 6.07) is 6.59. The third-order valence-corrected chi connectivity index (χ3v) is 7.23. The Hall–Kier alpha value is -2.10. The summed E-state index contributed by atoms with van der Waals surface area (Å²) < 4.78 is 12.4. The van der Waals surface area contributed by atoms with Crippen molar-refractivity contribution in [3.05, 3.63) is 0 Å². The molecule has 2 bridgehead atoms. The molecule has 144 valence electrons. The fourth-order valence-electron chi connectivity index (χ4n) is 5.78. The van der Waals surface area contributed by atoms with E-state index < -0.39 is 28.6 Å². The lowest BCUT2D eigenvalue weighted by molar-refractivity contribution is -0.306. The first-order valence-corrected chi connectivity index (χ1v) is 10.1. The summed E-state index contributed by atoms with van der Waals surface area (Å²) in [5.41, 5.74) is -3.29. The minimum Gasteiger partial charge on any atom is -0.447 e. The molecular weight excluding hydrogens is 340 g/mol. The van der Waals surface area contributed by atoms with Gasteiger partial charge in [0.1, 0.15) is 0 Å². The quantitative estimate of drug-likeness (QED) is 0.777. The molecule has 2 aliphatic heterocycles. The molecule has 0 amide bonds. The van der Waals surface area contributed by atoms with Gasteiger partial charge in [0.15, 0.2) is 10.8 Å². The molecule has 6 nitrogen and oxygen atoms in total. The van der Waals surface area contributed by atoms with Crippen molar-refractivity contribution in [2.75, 3.05) is 0 Å². The summed E-state index contributed by atoms with van der Waals surface area (Å²) in [6.07, 6.45) is 5.00. The van der Waals surface area contributed by atoms with Crippen molar-refractivity contribution in [3.63, 3.8) is 0 Å². The van der Waals surface area contributed by atoms with Crippen molar-refractivity contribution < 1.29 is 9.47 Å². The van der Waals surface area contributed by atoms with Crippen LogP contribution in [-0.4, -0.2) is 17.8 Å². The molecule has 6 heteroatoms. The fourth-order valence-corrected chi connectivity index (χ4v) is 5.78. The van der Waals surface area contributed by atoms with Crippen molar-refractivity contribution in [2.24, 2.45) is 28.6 Å². The lowest BCUT2D eigenvalue weighted by Gasteiger charge is -2.54. The van der Waals surface area contributed by atoms with Gasteiger partial charge in [-0.25, -0.2) is 0 Å². The Kier molecular flexibility index (Phi) is 4.96.